The van der Waals surface area contributed by atoms with Crippen LogP contribution in [0.15, 0.2) is 12.1 Å². The second kappa shape index (κ2) is 5.27. The van der Waals surface area contributed by atoms with Crippen LogP contribution in [0.5, 0.6) is 5.75 Å². The third-order valence-electron chi connectivity index (χ3n) is 3.89. The predicted octanol–water partition coefficient (Wildman–Crippen LogP) is 3.80. The minimum absolute atomic E-state index is 0.228. The van der Waals surface area contributed by atoms with Crippen LogP contribution in [0, 0.1) is 11.2 Å². The van der Waals surface area contributed by atoms with Crippen molar-refractivity contribution in [2.45, 2.75) is 45.6 Å². The molecule has 0 aromatic heterocycles. The van der Waals surface area contributed by atoms with Gasteiger partial charge in [-0.05, 0) is 24.7 Å². The first kappa shape index (κ1) is 14.0. The van der Waals surface area contributed by atoms with Crippen molar-refractivity contribution in [2.24, 2.45) is 5.41 Å². The number of benzene rings is 1. The normalized spacial score (nSPS) is 22.0. The van der Waals surface area contributed by atoms with Gasteiger partial charge in [-0.15, -0.1) is 0 Å². The summed E-state index contributed by atoms with van der Waals surface area (Å²) in [5, 5.41) is 3.44. The molecule has 1 unspecified atom stereocenters. The lowest BCUT2D eigenvalue weighted by Crippen LogP contribution is -2.32. The highest BCUT2D eigenvalue weighted by atomic mass is 19.1. The molecular formula is C15H23FN2O. The van der Waals surface area contributed by atoms with E-state index >= 15 is 0 Å². The summed E-state index contributed by atoms with van der Waals surface area (Å²) in [6.07, 6.45) is 4.70. The van der Waals surface area contributed by atoms with Crippen molar-refractivity contribution in [2.75, 3.05) is 18.2 Å². The average Bonchev–Trinajstić information content (AvgIpc) is 2.31. The fraction of sp³-hybridized carbons (Fsp3) is 0.600. The third kappa shape index (κ3) is 3.31. The van der Waals surface area contributed by atoms with Gasteiger partial charge in [0, 0.05) is 18.2 Å². The first-order valence-corrected chi connectivity index (χ1v) is 6.81. The molecule has 0 radical (unpaired) electrons. The molecule has 1 aromatic carbocycles. The maximum atomic E-state index is 13.5. The topological polar surface area (TPSA) is 47.3 Å². The maximum Gasteiger partial charge on any atom is 0.167 e. The van der Waals surface area contributed by atoms with Gasteiger partial charge in [0.05, 0.1) is 18.5 Å². The number of halogens is 1. The van der Waals surface area contributed by atoms with E-state index in [1.807, 2.05) is 0 Å². The smallest absolute Gasteiger partial charge is 0.167 e. The summed E-state index contributed by atoms with van der Waals surface area (Å²) in [7, 11) is 1.46. The molecule has 0 amide bonds. The molecule has 1 atom stereocenters. The highest BCUT2D eigenvalue weighted by molar-refractivity contribution is 5.69. The molecular weight excluding hydrogens is 243 g/mol. The predicted molar refractivity (Wildman–Crippen MR) is 77.0 cm³/mol. The monoisotopic (exact) mass is 266 g/mol. The quantitative estimate of drug-likeness (QED) is 0.818. The van der Waals surface area contributed by atoms with E-state index in [1.54, 1.807) is 6.07 Å². The fourth-order valence-corrected chi connectivity index (χ4v) is 2.89. The van der Waals surface area contributed by atoms with Gasteiger partial charge in [0.25, 0.3) is 0 Å². The molecule has 4 heteroatoms. The molecule has 0 spiro atoms. The van der Waals surface area contributed by atoms with Gasteiger partial charge in [0.2, 0.25) is 0 Å². The molecule has 19 heavy (non-hydrogen) atoms. The Balaban J connectivity index is 2.14. The van der Waals surface area contributed by atoms with Gasteiger partial charge in [-0.1, -0.05) is 20.3 Å². The van der Waals surface area contributed by atoms with Crippen LogP contribution in [0.25, 0.3) is 0 Å². The van der Waals surface area contributed by atoms with Crippen LogP contribution in [-0.2, 0) is 0 Å². The summed E-state index contributed by atoms with van der Waals surface area (Å²) >= 11 is 0. The molecule has 3 nitrogen and oxygen atoms in total. The molecule has 2 rings (SSSR count). The number of ether oxygens (including phenoxy) is 1. The fourth-order valence-electron chi connectivity index (χ4n) is 2.89. The molecule has 0 bridgehead atoms. The first-order chi connectivity index (χ1) is 8.91. The lowest BCUT2D eigenvalue weighted by atomic mass is 9.75. The van der Waals surface area contributed by atoms with E-state index in [4.69, 9.17) is 10.5 Å². The molecule has 0 saturated heterocycles. The second-order valence-corrected chi connectivity index (χ2v) is 6.18. The van der Waals surface area contributed by atoms with E-state index in [-0.39, 0.29) is 5.75 Å². The Morgan fingerprint density at radius 2 is 2.16 bits per heavy atom. The summed E-state index contributed by atoms with van der Waals surface area (Å²) < 4.78 is 18.5. The zero-order valence-electron chi connectivity index (χ0n) is 11.9. The average molecular weight is 266 g/mol. The van der Waals surface area contributed by atoms with E-state index in [0.29, 0.717) is 17.1 Å². The minimum atomic E-state index is -0.422. The van der Waals surface area contributed by atoms with E-state index in [9.17, 15) is 4.39 Å². The third-order valence-corrected chi connectivity index (χ3v) is 3.89. The van der Waals surface area contributed by atoms with Gasteiger partial charge < -0.3 is 15.8 Å². The van der Waals surface area contributed by atoms with E-state index in [2.05, 4.69) is 19.2 Å². The second-order valence-electron chi connectivity index (χ2n) is 6.18. The van der Waals surface area contributed by atoms with E-state index in [0.717, 1.165) is 18.5 Å². The molecule has 1 saturated carbocycles. The Bertz CT molecular complexity index is 460. The maximum absolute atomic E-state index is 13.5. The Labute approximate surface area is 114 Å². The van der Waals surface area contributed by atoms with E-state index in [1.165, 1.54) is 26.0 Å². The molecule has 106 valence electrons. The standard InChI is InChI=1S/C15H23FN2O/c1-15(2)6-4-5-10(9-15)18-13-8-14(19-3)11(16)7-12(13)17/h7-8,10,18H,4-6,9,17H2,1-3H3. The molecule has 1 aliphatic rings. The molecule has 3 N–H and O–H groups in total. The van der Waals surface area contributed by atoms with Gasteiger partial charge in [0.15, 0.2) is 11.6 Å². The van der Waals surface area contributed by atoms with Crippen LogP contribution in [0.3, 0.4) is 0 Å². The highest BCUT2D eigenvalue weighted by Gasteiger charge is 2.28. The number of hydrogen-bond acceptors (Lipinski definition) is 3. The van der Waals surface area contributed by atoms with Gasteiger partial charge in [0.1, 0.15) is 0 Å². The largest absolute Gasteiger partial charge is 0.494 e. The van der Waals surface area contributed by atoms with Gasteiger partial charge in [-0.25, -0.2) is 4.39 Å². The number of methoxy groups -OCH3 is 1. The Morgan fingerprint density at radius 3 is 2.79 bits per heavy atom. The number of nitrogens with one attached hydrogen (secondary N) is 1. The zero-order valence-corrected chi connectivity index (χ0v) is 11.9. The summed E-state index contributed by atoms with van der Waals surface area (Å²) in [5.74, 6) is -0.193. The van der Waals surface area contributed by atoms with Crippen LogP contribution in [0.1, 0.15) is 39.5 Å². The minimum Gasteiger partial charge on any atom is -0.494 e. The number of nitrogen functional groups attached to an aromatic ring is 1. The van der Waals surface area contributed by atoms with Gasteiger partial charge in [-0.3, -0.25) is 0 Å². The van der Waals surface area contributed by atoms with Crippen LogP contribution in [-0.4, -0.2) is 13.2 Å². The number of rotatable bonds is 3. The van der Waals surface area contributed by atoms with Crippen LogP contribution in [0.2, 0.25) is 0 Å². The van der Waals surface area contributed by atoms with Crippen molar-refractivity contribution >= 4 is 11.4 Å². The molecule has 0 aliphatic heterocycles. The zero-order chi connectivity index (χ0) is 14.0. The van der Waals surface area contributed by atoms with Crippen LogP contribution < -0.4 is 15.8 Å². The number of anilines is 2. The summed E-state index contributed by atoms with van der Waals surface area (Å²) in [6.45, 7) is 4.57. The Kier molecular flexibility index (Phi) is 3.88. The lowest BCUT2D eigenvalue weighted by Gasteiger charge is -2.36. The van der Waals surface area contributed by atoms with Crippen molar-refractivity contribution in [1.29, 1.82) is 0 Å². The van der Waals surface area contributed by atoms with Crippen LogP contribution >= 0.6 is 0 Å². The summed E-state index contributed by atoms with van der Waals surface area (Å²) in [4.78, 5) is 0. The number of hydrogen-bond donors (Lipinski definition) is 2. The van der Waals surface area contributed by atoms with Crippen molar-refractivity contribution in [1.82, 2.24) is 0 Å². The van der Waals surface area contributed by atoms with Crippen molar-refractivity contribution < 1.29 is 9.13 Å². The van der Waals surface area contributed by atoms with Crippen molar-refractivity contribution in [3.63, 3.8) is 0 Å². The first-order valence-electron chi connectivity index (χ1n) is 6.81. The van der Waals surface area contributed by atoms with Crippen molar-refractivity contribution in [3.8, 4) is 5.75 Å². The van der Waals surface area contributed by atoms with E-state index < -0.39 is 5.82 Å². The lowest BCUT2D eigenvalue weighted by molar-refractivity contribution is 0.229. The van der Waals surface area contributed by atoms with Crippen molar-refractivity contribution in [3.05, 3.63) is 17.9 Å². The molecule has 1 aliphatic carbocycles. The molecule has 0 heterocycles. The SMILES string of the molecule is COc1cc(NC2CCCC(C)(C)C2)c(N)cc1F. The summed E-state index contributed by atoms with van der Waals surface area (Å²) in [5.41, 5.74) is 7.42. The highest BCUT2D eigenvalue weighted by Crippen LogP contribution is 2.37. The van der Waals surface area contributed by atoms with Crippen LogP contribution in [0.4, 0.5) is 15.8 Å². The molecule has 1 aromatic rings. The Hall–Kier alpha value is -1.45. The number of nitrogens with two attached hydrogens (primary N) is 1. The van der Waals surface area contributed by atoms with Gasteiger partial charge >= 0.3 is 0 Å². The summed E-state index contributed by atoms with van der Waals surface area (Å²) in [6, 6.07) is 3.35. The Morgan fingerprint density at radius 1 is 1.42 bits per heavy atom. The molecule has 1 fully saturated rings. The van der Waals surface area contributed by atoms with Gasteiger partial charge in [-0.2, -0.15) is 0 Å².